The summed E-state index contributed by atoms with van der Waals surface area (Å²) in [7, 11) is -6.91. The van der Waals surface area contributed by atoms with Gasteiger partial charge in [-0.15, -0.1) is 0 Å². The second-order valence-electron chi connectivity index (χ2n) is 4.91. The normalized spacial score (nSPS) is 20.2. The fourth-order valence-electron chi connectivity index (χ4n) is 2.12. The Labute approximate surface area is 125 Å². The minimum atomic E-state index is -3.77. The summed E-state index contributed by atoms with van der Waals surface area (Å²) in [6.45, 7) is 3.34. The molecule has 7 nitrogen and oxygen atoms in total. The number of hydrogen-bond donors (Lipinski definition) is 1. The molecule has 1 N–H and O–H groups in total. The molecule has 1 aliphatic heterocycles. The smallest absolute Gasteiger partial charge is 0.276 e. The summed E-state index contributed by atoms with van der Waals surface area (Å²) < 4.78 is 54.6. The van der Waals surface area contributed by atoms with Crippen LogP contribution in [0, 0.1) is 0 Å². The van der Waals surface area contributed by atoms with E-state index < -0.39 is 19.9 Å². The van der Waals surface area contributed by atoms with Crippen molar-refractivity contribution in [3.8, 4) is 0 Å². The molecule has 1 aromatic rings. The topological polar surface area (TPSA) is 96.7 Å². The van der Waals surface area contributed by atoms with Crippen LogP contribution in [0.25, 0.3) is 0 Å². The van der Waals surface area contributed by atoms with Crippen LogP contribution in [0.2, 0.25) is 0 Å². The SMILES string of the molecule is CCNCc1ccc(S(=O)(=O)N2CCCS(=O)(=O)CC2)o1. The minimum absolute atomic E-state index is 0.0199. The fourth-order valence-corrected chi connectivity index (χ4v) is 4.92. The number of nitrogens with one attached hydrogen (secondary N) is 1. The Morgan fingerprint density at radius 2 is 2.05 bits per heavy atom. The van der Waals surface area contributed by atoms with Gasteiger partial charge in [-0.25, -0.2) is 16.8 Å². The van der Waals surface area contributed by atoms with Gasteiger partial charge >= 0.3 is 0 Å². The van der Waals surface area contributed by atoms with E-state index in [1.807, 2.05) is 6.92 Å². The lowest BCUT2D eigenvalue weighted by molar-refractivity contribution is 0.371. The third-order valence-electron chi connectivity index (χ3n) is 3.29. The summed E-state index contributed by atoms with van der Waals surface area (Å²) in [6, 6.07) is 3.03. The van der Waals surface area contributed by atoms with Gasteiger partial charge in [0.25, 0.3) is 10.0 Å². The van der Waals surface area contributed by atoms with Crippen LogP contribution in [0.1, 0.15) is 19.1 Å². The molecule has 2 heterocycles. The highest BCUT2D eigenvalue weighted by atomic mass is 32.2. The molecule has 2 rings (SSSR count). The zero-order chi connectivity index (χ0) is 15.5. The minimum Gasteiger partial charge on any atom is -0.447 e. The van der Waals surface area contributed by atoms with E-state index in [0.29, 0.717) is 18.7 Å². The molecule has 0 atom stereocenters. The quantitative estimate of drug-likeness (QED) is 0.825. The first-order valence-corrected chi connectivity index (χ1v) is 10.1. The molecule has 21 heavy (non-hydrogen) atoms. The van der Waals surface area contributed by atoms with Gasteiger partial charge in [-0.2, -0.15) is 4.31 Å². The predicted molar refractivity (Wildman–Crippen MR) is 78.1 cm³/mol. The predicted octanol–water partition coefficient (Wildman–Crippen LogP) is 0.198. The molecular formula is C12H20N2O5S2. The summed E-state index contributed by atoms with van der Waals surface area (Å²) in [5.41, 5.74) is 0. The van der Waals surface area contributed by atoms with Crippen LogP contribution >= 0.6 is 0 Å². The Morgan fingerprint density at radius 3 is 2.76 bits per heavy atom. The van der Waals surface area contributed by atoms with Crippen molar-refractivity contribution < 1.29 is 21.3 Å². The molecule has 0 saturated carbocycles. The van der Waals surface area contributed by atoms with Gasteiger partial charge in [0, 0.05) is 13.1 Å². The van der Waals surface area contributed by atoms with E-state index in [1.165, 1.54) is 10.4 Å². The molecule has 0 amide bonds. The average Bonchev–Trinajstić information content (AvgIpc) is 2.81. The van der Waals surface area contributed by atoms with Crippen LogP contribution in [0.3, 0.4) is 0 Å². The zero-order valence-electron chi connectivity index (χ0n) is 11.9. The number of sulfonamides is 1. The summed E-state index contributed by atoms with van der Waals surface area (Å²) in [5, 5.41) is 2.92. The van der Waals surface area contributed by atoms with Crippen molar-refractivity contribution in [2.75, 3.05) is 31.1 Å². The van der Waals surface area contributed by atoms with Gasteiger partial charge in [-0.05, 0) is 25.1 Å². The number of sulfone groups is 1. The Bertz CT molecular complexity index is 678. The molecule has 1 aliphatic rings. The van der Waals surface area contributed by atoms with Crippen LogP contribution < -0.4 is 5.32 Å². The first kappa shape index (κ1) is 16.5. The molecule has 1 aromatic heterocycles. The average molecular weight is 336 g/mol. The summed E-state index contributed by atoms with van der Waals surface area (Å²) >= 11 is 0. The van der Waals surface area contributed by atoms with Crippen molar-refractivity contribution >= 4 is 19.9 Å². The first-order chi connectivity index (χ1) is 9.85. The van der Waals surface area contributed by atoms with E-state index in [1.54, 1.807) is 6.07 Å². The molecular weight excluding hydrogens is 316 g/mol. The largest absolute Gasteiger partial charge is 0.447 e. The van der Waals surface area contributed by atoms with Crippen molar-refractivity contribution in [3.63, 3.8) is 0 Å². The van der Waals surface area contributed by atoms with Gasteiger partial charge in [0.2, 0.25) is 5.09 Å². The van der Waals surface area contributed by atoms with Crippen molar-refractivity contribution in [2.45, 2.75) is 25.0 Å². The molecule has 0 spiro atoms. The highest BCUT2D eigenvalue weighted by molar-refractivity contribution is 7.91. The number of rotatable bonds is 5. The molecule has 120 valence electrons. The van der Waals surface area contributed by atoms with E-state index in [2.05, 4.69) is 5.32 Å². The van der Waals surface area contributed by atoms with Crippen molar-refractivity contribution in [3.05, 3.63) is 17.9 Å². The Hall–Kier alpha value is -0.900. The maximum absolute atomic E-state index is 12.5. The van der Waals surface area contributed by atoms with Gasteiger partial charge in [-0.1, -0.05) is 6.92 Å². The maximum atomic E-state index is 12.5. The van der Waals surface area contributed by atoms with E-state index in [0.717, 1.165) is 6.54 Å². The highest BCUT2D eigenvalue weighted by Gasteiger charge is 2.31. The molecule has 0 unspecified atom stereocenters. The van der Waals surface area contributed by atoms with E-state index >= 15 is 0 Å². The van der Waals surface area contributed by atoms with Gasteiger partial charge < -0.3 is 9.73 Å². The molecule has 0 bridgehead atoms. The fraction of sp³-hybridized carbons (Fsp3) is 0.667. The van der Waals surface area contributed by atoms with Crippen LogP contribution in [-0.4, -0.2) is 52.3 Å². The Balaban J connectivity index is 2.15. The lowest BCUT2D eigenvalue weighted by Crippen LogP contribution is -2.33. The van der Waals surface area contributed by atoms with E-state index in [4.69, 9.17) is 4.42 Å². The molecule has 9 heteroatoms. The van der Waals surface area contributed by atoms with E-state index in [-0.39, 0.29) is 29.7 Å². The molecule has 1 fully saturated rings. The maximum Gasteiger partial charge on any atom is 0.276 e. The monoisotopic (exact) mass is 336 g/mol. The van der Waals surface area contributed by atoms with Gasteiger partial charge in [0.1, 0.15) is 5.76 Å². The lowest BCUT2D eigenvalue weighted by atomic mass is 10.4. The standard InChI is InChI=1S/C12H20N2O5S2/c1-2-13-10-11-4-5-12(19-11)21(17,18)14-6-3-8-20(15,16)9-7-14/h4-5,13H,2-3,6-10H2,1H3. The van der Waals surface area contributed by atoms with Crippen LogP contribution in [0.5, 0.6) is 0 Å². The molecule has 0 aromatic carbocycles. The van der Waals surface area contributed by atoms with Crippen LogP contribution in [-0.2, 0) is 26.4 Å². The van der Waals surface area contributed by atoms with Crippen molar-refractivity contribution in [2.24, 2.45) is 0 Å². The van der Waals surface area contributed by atoms with Crippen LogP contribution in [0.4, 0.5) is 0 Å². The number of furan rings is 1. The molecule has 0 aliphatic carbocycles. The van der Waals surface area contributed by atoms with Crippen molar-refractivity contribution in [1.82, 2.24) is 9.62 Å². The summed E-state index contributed by atoms with van der Waals surface area (Å²) in [4.78, 5) is 0. The second kappa shape index (κ2) is 6.47. The summed E-state index contributed by atoms with van der Waals surface area (Å²) in [6.07, 6.45) is 0.312. The van der Waals surface area contributed by atoms with Gasteiger partial charge in [-0.3, -0.25) is 0 Å². The highest BCUT2D eigenvalue weighted by Crippen LogP contribution is 2.20. The number of nitrogens with zero attached hydrogens (tertiary/aromatic N) is 1. The van der Waals surface area contributed by atoms with Gasteiger partial charge in [0.05, 0.1) is 18.1 Å². The first-order valence-electron chi connectivity index (χ1n) is 6.85. The molecule has 1 saturated heterocycles. The van der Waals surface area contributed by atoms with Crippen molar-refractivity contribution in [1.29, 1.82) is 0 Å². The van der Waals surface area contributed by atoms with Gasteiger partial charge in [0.15, 0.2) is 9.84 Å². The third-order valence-corrected chi connectivity index (χ3v) is 6.78. The zero-order valence-corrected chi connectivity index (χ0v) is 13.5. The molecule has 0 radical (unpaired) electrons. The lowest BCUT2D eigenvalue weighted by Gasteiger charge is -2.17. The third kappa shape index (κ3) is 4.06. The number of hydrogen-bond acceptors (Lipinski definition) is 6. The van der Waals surface area contributed by atoms with Crippen LogP contribution in [0.15, 0.2) is 21.6 Å². The Morgan fingerprint density at radius 1 is 1.29 bits per heavy atom. The Kier molecular flexibility index (Phi) is 5.07. The second-order valence-corrected chi connectivity index (χ2v) is 9.08. The summed E-state index contributed by atoms with van der Waals surface area (Å²) in [5.74, 6) is 0.429. The van der Waals surface area contributed by atoms with E-state index in [9.17, 15) is 16.8 Å².